The quantitative estimate of drug-likeness (QED) is 0.490. The molecule has 0 radical (unpaired) electrons. The average Bonchev–Trinajstić information content (AvgIpc) is 2.56. The van der Waals surface area contributed by atoms with Crippen molar-refractivity contribution in [3.63, 3.8) is 0 Å². The number of rotatable bonds is 1. The van der Waals surface area contributed by atoms with Gasteiger partial charge in [0.05, 0.1) is 22.2 Å². The van der Waals surface area contributed by atoms with Crippen LogP contribution in [0.2, 0.25) is 0 Å². The van der Waals surface area contributed by atoms with Gasteiger partial charge in [-0.25, -0.2) is 0 Å². The molecule has 0 saturated heterocycles. The highest BCUT2D eigenvalue weighted by atomic mass is 16.3. The van der Waals surface area contributed by atoms with Gasteiger partial charge >= 0.3 is 0 Å². The predicted octanol–water partition coefficient (Wildman–Crippen LogP) is 4.33. The van der Waals surface area contributed by atoms with Crippen molar-refractivity contribution in [2.24, 2.45) is 0 Å². The molecular formula is C20H16N2O2. The van der Waals surface area contributed by atoms with Crippen LogP contribution < -0.4 is 5.43 Å². The zero-order valence-electron chi connectivity index (χ0n) is 13.8. The second-order valence-electron chi connectivity index (χ2n) is 6.01. The van der Waals surface area contributed by atoms with Gasteiger partial charge in [0.25, 0.3) is 0 Å². The van der Waals surface area contributed by atoms with E-state index in [2.05, 4.69) is 9.97 Å². The standard InChI is InChI=1S/C20H16N2O2/c1-11-6-5-9-21-17(11)14-7-4-8-15-18(23)16-10-12(2)22-13(3)19(16)24-20(14)15/h4-10H,1-3H3. The first kappa shape index (κ1) is 14.6. The molecule has 0 atom stereocenters. The van der Waals surface area contributed by atoms with Crippen LogP contribution in [0.4, 0.5) is 0 Å². The number of aromatic nitrogens is 2. The van der Waals surface area contributed by atoms with Crippen molar-refractivity contribution in [2.75, 3.05) is 0 Å². The Kier molecular flexibility index (Phi) is 3.20. The third kappa shape index (κ3) is 2.11. The molecule has 0 unspecified atom stereocenters. The molecule has 4 rings (SSSR count). The van der Waals surface area contributed by atoms with Crippen molar-refractivity contribution >= 4 is 21.9 Å². The SMILES string of the molecule is Cc1cc2c(=O)c3cccc(-c4ncccc4C)c3oc2c(C)n1. The minimum Gasteiger partial charge on any atom is -0.453 e. The van der Waals surface area contributed by atoms with Crippen LogP contribution in [0.1, 0.15) is 17.0 Å². The van der Waals surface area contributed by atoms with Gasteiger partial charge < -0.3 is 4.42 Å². The van der Waals surface area contributed by atoms with Crippen molar-refractivity contribution in [2.45, 2.75) is 20.8 Å². The molecule has 3 heterocycles. The minimum atomic E-state index is -0.0321. The van der Waals surface area contributed by atoms with Gasteiger partial charge in [-0.05, 0) is 50.6 Å². The lowest BCUT2D eigenvalue weighted by Gasteiger charge is -2.10. The smallest absolute Gasteiger partial charge is 0.200 e. The summed E-state index contributed by atoms with van der Waals surface area (Å²) in [5.41, 5.74) is 5.28. The topological polar surface area (TPSA) is 56.0 Å². The van der Waals surface area contributed by atoms with E-state index in [-0.39, 0.29) is 5.43 Å². The van der Waals surface area contributed by atoms with E-state index >= 15 is 0 Å². The van der Waals surface area contributed by atoms with E-state index in [0.717, 1.165) is 28.2 Å². The first-order chi connectivity index (χ1) is 11.6. The molecule has 0 spiro atoms. The maximum absolute atomic E-state index is 13.0. The van der Waals surface area contributed by atoms with Crippen LogP contribution in [0.25, 0.3) is 33.2 Å². The molecule has 0 aliphatic heterocycles. The summed E-state index contributed by atoms with van der Waals surface area (Å²) in [6.45, 7) is 5.74. The zero-order chi connectivity index (χ0) is 16.8. The number of nitrogens with zero attached hydrogens (tertiary/aromatic N) is 2. The van der Waals surface area contributed by atoms with Crippen LogP contribution in [0.3, 0.4) is 0 Å². The fraction of sp³-hybridized carbons (Fsp3) is 0.150. The number of para-hydroxylation sites is 1. The summed E-state index contributed by atoms with van der Waals surface area (Å²) < 4.78 is 6.15. The molecule has 118 valence electrons. The molecule has 0 amide bonds. The molecule has 3 aromatic heterocycles. The maximum atomic E-state index is 13.0. The number of aryl methyl sites for hydroxylation is 3. The van der Waals surface area contributed by atoms with Crippen LogP contribution in [-0.4, -0.2) is 9.97 Å². The fourth-order valence-electron chi connectivity index (χ4n) is 3.14. The summed E-state index contributed by atoms with van der Waals surface area (Å²) in [5, 5.41) is 1.14. The molecule has 0 fully saturated rings. The highest BCUT2D eigenvalue weighted by Gasteiger charge is 2.15. The Morgan fingerprint density at radius 1 is 0.958 bits per heavy atom. The lowest BCUT2D eigenvalue weighted by Crippen LogP contribution is -2.05. The molecule has 0 aliphatic carbocycles. The third-order valence-corrected chi connectivity index (χ3v) is 4.24. The molecule has 24 heavy (non-hydrogen) atoms. The van der Waals surface area contributed by atoms with E-state index in [0.29, 0.717) is 21.9 Å². The second-order valence-corrected chi connectivity index (χ2v) is 6.01. The zero-order valence-corrected chi connectivity index (χ0v) is 13.8. The molecule has 0 saturated carbocycles. The molecule has 1 aromatic carbocycles. The first-order valence-corrected chi connectivity index (χ1v) is 7.82. The number of hydrogen-bond acceptors (Lipinski definition) is 4. The fourth-order valence-corrected chi connectivity index (χ4v) is 3.14. The lowest BCUT2D eigenvalue weighted by molar-refractivity contribution is 0.654. The summed E-state index contributed by atoms with van der Waals surface area (Å²) in [7, 11) is 0. The Balaban J connectivity index is 2.19. The number of hydrogen-bond donors (Lipinski definition) is 0. The number of fused-ring (bicyclic) bond motifs is 2. The number of benzene rings is 1. The van der Waals surface area contributed by atoms with E-state index in [4.69, 9.17) is 4.42 Å². The van der Waals surface area contributed by atoms with Crippen molar-refractivity contribution in [3.05, 3.63) is 69.8 Å². The summed E-state index contributed by atoms with van der Waals surface area (Å²) in [5.74, 6) is 0. The first-order valence-electron chi connectivity index (χ1n) is 7.82. The van der Waals surface area contributed by atoms with Crippen molar-refractivity contribution in [1.82, 2.24) is 9.97 Å². The summed E-state index contributed by atoms with van der Waals surface area (Å²) >= 11 is 0. The minimum absolute atomic E-state index is 0.0321. The monoisotopic (exact) mass is 316 g/mol. The van der Waals surface area contributed by atoms with Crippen LogP contribution in [-0.2, 0) is 0 Å². The molecule has 4 nitrogen and oxygen atoms in total. The van der Waals surface area contributed by atoms with Gasteiger partial charge in [0, 0.05) is 17.5 Å². The van der Waals surface area contributed by atoms with E-state index in [9.17, 15) is 4.79 Å². The second kappa shape index (κ2) is 5.27. The number of pyridine rings is 2. The molecule has 0 bridgehead atoms. The Morgan fingerprint density at radius 2 is 1.79 bits per heavy atom. The van der Waals surface area contributed by atoms with Gasteiger partial charge in [0.2, 0.25) is 5.43 Å². The van der Waals surface area contributed by atoms with Gasteiger partial charge in [-0.2, -0.15) is 0 Å². The Bertz CT molecular complexity index is 1160. The third-order valence-electron chi connectivity index (χ3n) is 4.24. The van der Waals surface area contributed by atoms with E-state index in [1.54, 1.807) is 18.3 Å². The Hall–Kier alpha value is -3.01. The van der Waals surface area contributed by atoms with Gasteiger partial charge in [0.1, 0.15) is 5.58 Å². The van der Waals surface area contributed by atoms with Gasteiger partial charge in [-0.3, -0.25) is 14.8 Å². The molecular weight excluding hydrogens is 300 g/mol. The Labute approximate surface area is 138 Å². The predicted molar refractivity (Wildman–Crippen MR) is 95.2 cm³/mol. The lowest BCUT2D eigenvalue weighted by atomic mass is 10.0. The molecule has 0 aliphatic rings. The molecule has 4 aromatic rings. The summed E-state index contributed by atoms with van der Waals surface area (Å²) in [4.78, 5) is 21.8. The largest absolute Gasteiger partial charge is 0.453 e. The molecule has 4 heteroatoms. The van der Waals surface area contributed by atoms with Gasteiger partial charge in [-0.15, -0.1) is 0 Å². The van der Waals surface area contributed by atoms with E-state index < -0.39 is 0 Å². The maximum Gasteiger partial charge on any atom is 0.200 e. The van der Waals surface area contributed by atoms with Crippen LogP contribution in [0.15, 0.2) is 51.8 Å². The van der Waals surface area contributed by atoms with Crippen LogP contribution in [0, 0.1) is 20.8 Å². The average molecular weight is 316 g/mol. The van der Waals surface area contributed by atoms with Crippen molar-refractivity contribution in [1.29, 1.82) is 0 Å². The Morgan fingerprint density at radius 3 is 2.58 bits per heavy atom. The highest BCUT2D eigenvalue weighted by molar-refractivity contribution is 5.97. The summed E-state index contributed by atoms with van der Waals surface area (Å²) in [6, 6.07) is 11.3. The van der Waals surface area contributed by atoms with Gasteiger partial charge in [0.15, 0.2) is 5.58 Å². The highest BCUT2D eigenvalue weighted by Crippen LogP contribution is 2.30. The van der Waals surface area contributed by atoms with Gasteiger partial charge in [-0.1, -0.05) is 12.1 Å². The van der Waals surface area contributed by atoms with E-state index in [1.165, 1.54) is 0 Å². The van der Waals surface area contributed by atoms with Crippen LogP contribution in [0.5, 0.6) is 0 Å². The summed E-state index contributed by atoms with van der Waals surface area (Å²) in [6.07, 6.45) is 1.75. The normalized spacial score (nSPS) is 11.3. The van der Waals surface area contributed by atoms with Crippen molar-refractivity contribution in [3.8, 4) is 11.3 Å². The van der Waals surface area contributed by atoms with Crippen molar-refractivity contribution < 1.29 is 4.42 Å². The molecule has 0 N–H and O–H groups in total. The van der Waals surface area contributed by atoms with E-state index in [1.807, 2.05) is 45.0 Å². The van der Waals surface area contributed by atoms with Crippen LogP contribution >= 0.6 is 0 Å².